The molecule has 0 radical (unpaired) electrons. The normalized spacial score (nSPS) is 17.1. The van der Waals surface area contributed by atoms with Crippen LogP contribution in [0.2, 0.25) is 0 Å². The maximum absolute atomic E-state index is 8.11. The molecule has 0 spiro atoms. The Bertz CT molecular complexity index is 768. The van der Waals surface area contributed by atoms with E-state index in [-0.39, 0.29) is 18.2 Å². The van der Waals surface area contributed by atoms with Crippen molar-refractivity contribution in [2.24, 2.45) is 0 Å². The Morgan fingerprint density at radius 2 is 2.00 bits per heavy atom. The number of benzene rings is 2. The van der Waals surface area contributed by atoms with E-state index in [9.17, 15) is 0 Å². The van der Waals surface area contributed by atoms with Gasteiger partial charge in [-0.3, -0.25) is 0 Å². The zero-order valence-electron chi connectivity index (χ0n) is 18.2. The number of nitrogens with one attached hydrogen (secondary N) is 1. The minimum absolute atomic E-state index is 0. The molecule has 1 N–H and O–H groups in total. The van der Waals surface area contributed by atoms with Crippen LogP contribution in [0.15, 0.2) is 54.5 Å². The summed E-state index contributed by atoms with van der Waals surface area (Å²) >= 11 is 0. The van der Waals surface area contributed by atoms with Crippen LogP contribution < -0.4 is 10.1 Å². The van der Waals surface area contributed by atoms with Gasteiger partial charge in [0.1, 0.15) is 11.9 Å². The maximum atomic E-state index is 8.11. The van der Waals surface area contributed by atoms with E-state index in [4.69, 9.17) is 14.3 Å². The summed E-state index contributed by atoms with van der Waals surface area (Å²) in [6, 6.07) is 7.00. The number of hydrogen-bond donors (Lipinski definition) is 1. The molecule has 0 aromatic heterocycles. The summed E-state index contributed by atoms with van der Waals surface area (Å²) in [7, 11) is 1.78. The van der Waals surface area contributed by atoms with Crippen molar-refractivity contribution in [3.8, 4) is 5.75 Å². The van der Waals surface area contributed by atoms with Gasteiger partial charge in [-0.05, 0) is 37.6 Å². The van der Waals surface area contributed by atoms with Gasteiger partial charge in [0.05, 0.1) is 5.48 Å². The van der Waals surface area contributed by atoms with Crippen molar-refractivity contribution in [3.63, 3.8) is 0 Å². The van der Waals surface area contributed by atoms with Gasteiger partial charge in [-0.2, -0.15) is 0 Å². The van der Waals surface area contributed by atoms with Crippen molar-refractivity contribution < 1.29 is 14.3 Å². The van der Waals surface area contributed by atoms with E-state index < -0.39 is 42.7 Å². The van der Waals surface area contributed by atoms with Crippen molar-refractivity contribution in [1.82, 2.24) is 5.32 Å². The van der Waals surface area contributed by atoms with Crippen LogP contribution in [0.4, 0.5) is 0 Å². The van der Waals surface area contributed by atoms with E-state index in [2.05, 4.69) is 5.32 Å². The van der Waals surface area contributed by atoms with Gasteiger partial charge in [0, 0.05) is 10.5 Å². The van der Waals surface area contributed by atoms with Gasteiger partial charge in [0.15, 0.2) is 0 Å². The van der Waals surface area contributed by atoms with Crippen LogP contribution in [0.5, 0.6) is 5.75 Å². The van der Waals surface area contributed by atoms with E-state index in [0.717, 1.165) is 5.56 Å². The number of rotatable bonds is 6. The van der Waals surface area contributed by atoms with E-state index in [0.29, 0.717) is 13.0 Å². The maximum Gasteiger partial charge on any atom is 0.125 e. The Labute approximate surface area is 137 Å². The lowest BCUT2D eigenvalue weighted by Gasteiger charge is -2.20. The fraction of sp³-hybridized carbons (Fsp3) is 0.294. The minimum Gasteiger partial charge on any atom is -0.485 e. The van der Waals surface area contributed by atoms with Gasteiger partial charge in [-0.15, -0.1) is 12.4 Å². The van der Waals surface area contributed by atoms with Crippen molar-refractivity contribution in [3.05, 3.63) is 65.6 Å². The zero-order valence-corrected chi connectivity index (χ0v) is 12.0. The smallest absolute Gasteiger partial charge is 0.125 e. The molecule has 0 amide bonds. The summed E-state index contributed by atoms with van der Waals surface area (Å²) < 4.78 is 60.7. The summed E-state index contributed by atoms with van der Waals surface area (Å²) in [5.74, 6) is -0.319. The molecule has 20 heavy (non-hydrogen) atoms. The average Bonchev–Trinajstić information content (AvgIpc) is 2.60. The van der Waals surface area contributed by atoms with Gasteiger partial charge >= 0.3 is 0 Å². The molecule has 0 aliphatic heterocycles. The quantitative estimate of drug-likeness (QED) is 0.865. The molecule has 1 unspecified atom stereocenters. The van der Waals surface area contributed by atoms with E-state index in [1.54, 1.807) is 7.05 Å². The lowest BCUT2D eigenvalue weighted by Crippen LogP contribution is -2.16. The van der Waals surface area contributed by atoms with E-state index >= 15 is 0 Å². The van der Waals surface area contributed by atoms with Gasteiger partial charge in [-0.1, -0.05) is 48.5 Å². The highest BCUT2D eigenvalue weighted by Crippen LogP contribution is 2.26. The van der Waals surface area contributed by atoms with Crippen LogP contribution in [0.25, 0.3) is 0 Å². The molecule has 108 valence electrons. The molecule has 2 aromatic rings. The Hall–Kier alpha value is -1.51. The van der Waals surface area contributed by atoms with Crippen molar-refractivity contribution in [1.29, 1.82) is 0 Å². The molecule has 3 heteroatoms. The highest BCUT2D eigenvalue weighted by Gasteiger charge is 2.13. The Balaban J connectivity index is 0.00000364. The Kier molecular flexibility index (Phi) is 3.75. The average molecular weight is 299 g/mol. The summed E-state index contributed by atoms with van der Waals surface area (Å²) in [4.78, 5) is 0. The van der Waals surface area contributed by atoms with Crippen molar-refractivity contribution in [2.75, 3.05) is 13.6 Å². The molecule has 0 fully saturated rings. The SMILES string of the molecule is Cl.[2H]c1c([2H])c([2H])c(C([2H])([2H])[2H])c(OC(CCNC)c2ccccc2)c1[2H]. The standard InChI is InChI=1S/C17H21NO.ClH/c1-14-8-6-7-11-16(14)19-17(12-13-18-2)15-9-4-3-5-10-15;/h3-11,17-18H,12-13H2,1-2H3;1H/i1D3,6D,7D,8D,11D;. The number of hydrogen-bond acceptors (Lipinski definition) is 2. The Morgan fingerprint density at radius 1 is 1.25 bits per heavy atom. The molecule has 0 saturated carbocycles. The van der Waals surface area contributed by atoms with Crippen LogP contribution in [0.3, 0.4) is 0 Å². The highest BCUT2D eigenvalue weighted by atomic mass is 35.5. The highest BCUT2D eigenvalue weighted by molar-refractivity contribution is 5.85. The molecule has 0 aliphatic rings. The lowest BCUT2D eigenvalue weighted by atomic mass is 10.1. The van der Waals surface area contributed by atoms with Crippen LogP contribution in [0, 0.1) is 6.85 Å². The summed E-state index contributed by atoms with van der Waals surface area (Å²) in [5.41, 5.74) is 0.306. The summed E-state index contributed by atoms with van der Waals surface area (Å²) in [6.07, 6.45) is -0.0480. The summed E-state index contributed by atoms with van der Waals surface area (Å²) in [5, 5.41) is 3.00. The largest absolute Gasteiger partial charge is 0.485 e. The second kappa shape index (κ2) is 8.62. The van der Waals surface area contributed by atoms with Crippen molar-refractivity contribution in [2.45, 2.75) is 19.4 Å². The number of ether oxygens (including phenoxy) is 1. The molecule has 0 bridgehead atoms. The zero-order chi connectivity index (χ0) is 19.5. The van der Waals surface area contributed by atoms with Gasteiger partial charge in [0.2, 0.25) is 0 Å². The van der Waals surface area contributed by atoms with E-state index in [1.807, 2.05) is 30.3 Å². The molecular weight excluding hydrogens is 270 g/mol. The summed E-state index contributed by atoms with van der Waals surface area (Å²) in [6.45, 7) is -2.13. The topological polar surface area (TPSA) is 21.3 Å². The first-order valence-corrected chi connectivity index (χ1v) is 6.15. The monoisotopic (exact) mass is 298 g/mol. The first-order valence-electron chi connectivity index (χ1n) is 9.65. The van der Waals surface area contributed by atoms with Crippen LogP contribution >= 0.6 is 12.4 Å². The third-order valence-electron chi connectivity index (χ3n) is 2.74. The molecular formula is C17H22ClNO. The van der Waals surface area contributed by atoms with Gasteiger partial charge in [0.25, 0.3) is 0 Å². The predicted molar refractivity (Wildman–Crippen MR) is 86.8 cm³/mol. The number of halogens is 1. The Morgan fingerprint density at radius 3 is 2.70 bits per heavy atom. The minimum atomic E-state index is -2.73. The number of para-hydroxylation sites is 1. The van der Waals surface area contributed by atoms with Crippen molar-refractivity contribution >= 4 is 12.4 Å². The van der Waals surface area contributed by atoms with Gasteiger partial charge in [-0.25, -0.2) is 0 Å². The first kappa shape index (κ1) is 8.71. The second-order valence-electron chi connectivity index (χ2n) is 4.11. The van der Waals surface area contributed by atoms with Crippen LogP contribution in [0.1, 0.15) is 33.2 Å². The van der Waals surface area contributed by atoms with Crippen LogP contribution in [-0.4, -0.2) is 13.6 Å². The molecule has 0 aliphatic carbocycles. The first-order chi connectivity index (χ1) is 12.2. The lowest BCUT2D eigenvalue weighted by molar-refractivity contribution is 0.193. The van der Waals surface area contributed by atoms with Gasteiger partial charge < -0.3 is 10.1 Å². The molecule has 2 nitrogen and oxygen atoms in total. The fourth-order valence-corrected chi connectivity index (χ4v) is 1.77. The molecule has 2 rings (SSSR count). The molecule has 0 saturated heterocycles. The molecule has 0 heterocycles. The van der Waals surface area contributed by atoms with Crippen LogP contribution in [-0.2, 0) is 0 Å². The fourth-order valence-electron chi connectivity index (χ4n) is 1.77. The predicted octanol–water partition coefficient (Wildman–Crippen LogP) is 4.15. The van der Waals surface area contributed by atoms with E-state index in [1.165, 1.54) is 0 Å². The molecule has 1 atom stereocenters. The third kappa shape index (κ3) is 4.55. The molecule has 2 aromatic carbocycles. The second-order valence-corrected chi connectivity index (χ2v) is 4.11. The third-order valence-corrected chi connectivity index (χ3v) is 2.74.